The molecule has 16 heavy (non-hydrogen) atoms. The molecule has 0 spiro atoms. The Kier molecular flexibility index (Phi) is 4.58. The molecule has 0 amide bonds. The summed E-state index contributed by atoms with van der Waals surface area (Å²) in [5, 5.41) is 0. The quantitative estimate of drug-likeness (QED) is 0.676. The minimum absolute atomic E-state index is 0.433. The third kappa shape index (κ3) is 2.94. The van der Waals surface area contributed by atoms with Crippen LogP contribution in [0.4, 0.5) is 0 Å². The van der Waals surface area contributed by atoms with Gasteiger partial charge in [-0.15, -0.1) is 0 Å². The zero-order valence-electron chi connectivity index (χ0n) is 10.2. The smallest absolute Gasteiger partial charge is 0.0700 e. The Bertz CT molecular complexity index is 199. The van der Waals surface area contributed by atoms with Gasteiger partial charge in [0.2, 0.25) is 0 Å². The molecule has 2 fully saturated rings. The van der Waals surface area contributed by atoms with Gasteiger partial charge in [-0.1, -0.05) is 0 Å². The molecule has 2 saturated heterocycles. The lowest BCUT2D eigenvalue weighted by Gasteiger charge is -2.37. The van der Waals surface area contributed by atoms with Crippen molar-refractivity contribution in [1.82, 2.24) is 4.90 Å². The molecule has 94 valence electrons. The van der Waals surface area contributed by atoms with Crippen LogP contribution in [0.15, 0.2) is 0 Å². The molecule has 2 bridgehead atoms. The Morgan fingerprint density at radius 1 is 1.12 bits per heavy atom. The van der Waals surface area contributed by atoms with Crippen molar-refractivity contribution in [2.45, 2.75) is 43.8 Å². The Morgan fingerprint density at radius 2 is 1.81 bits per heavy atom. The number of methoxy groups -OCH3 is 1. The number of ether oxygens (including phenoxy) is 2. The number of fused-ring (bicyclic) bond motifs is 2. The van der Waals surface area contributed by atoms with Crippen molar-refractivity contribution in [3.05, 3.63) is 0 Å². The highest BCUT2D eigenvalue weighted by Crippen LogP contribution is 2.34. The molecule has 2 aliphatic heterocycles. The van der Waals surface area contributed by atoms with Gasteiger partial charge in [-0.25, -0.2) is 0 Å². The number of nitrogens with zero attached hydrogens (tertiary/aromatic N) is 1. The summed E-state index contributed by atoms with van der Waals surface area (Å²) in [6, 6.07) is 1.88. The second-order valence-electron chi connectivity index (χ2n) is 4.96. The number of rotatable bonds is 6. The molecule has 2 N–H and O–H groups in total. The average molecular weight is 228 g/mol. The monoisotopic (exact) mass is 228 g/mol. The third-order valence-corrected chi connectivity index (χ3v) is 3.85. The summed E-state index contributed by atoms with van der Waals surface area (Å²) in [6.45, 7) is 3.29. The highest BCUT2D eigenvalue weighted by molar-refractivity contribution is 4.96. The van der Waals surface area contributed by atoms with Crippen LogP contribution in [0.1, 0.15) is 25.7 Å². The van der Waals surface area contributed by atoms with E-state index in [4.69, 9.17) is 15.2 Å². The van der Waals surface area contributed by atoms with E-state index in [1.165, 1.54) is 25.7 Å². The van der Waals surface area contributed by atoms with Crippen LogP contribution in [0.25, 0.3) is 0 Å². The molecule has 2 aliphatic rings. The summed E-state index contributed by atoms with van der Waals surface area (Å²) in [4.78, 5) is 2.61. The molecule has 0 aromatic rings. The van der Waals surface area contributed by atoms with E-state index in [0.717, 1.165) is 25.2 Å². The number of piperidine rings is 1. The first kappa shape index (κ1) is 12.3. The molecular weight excluding hydrogens is 204 g/mol. The second kappa shape index (κ2) is 5.96. The van der Waals surface area contributed by atoms with Crippen LogP contribution < -0.4 is 5.73 Å². The minimum atomic E-state index is 0.433. The molecule has 4 heteroatoms. The van der Waals surface area contributed by atoms with Crippen molar-refractivity contribution < 1.29 is 9.47 Å². The standard InChI is InChI=1S/C12H24N2O2/c1-15-6-7-16-5-4-14-11-2-3-12(14)9-10(13)8-11/h10-12H,2-9,13H2,1H3. The topological polar surface area (TPSA) is 47.7 Å². The normalized spacial score (nSPS) is 34.5. The summed E-state index contributed by atoms with van der Waals surface area (Å²) < 4.78 is 10.5. The fourth-order valence-corrected chi connectivity index (χ4v) is 3.10. The predicted molar refractivity (Wildman–Crippen MR) is 63.4 cm³/mol. The maximum absolute atomic E-state index is 6.04. The first-order chi connectivity index (χ1) is 7.81. The van der Waals surface area contributed by atoms with Crippen molar-refractivity contribution in [2.24, 2.45) is 5.73 Å². The minimum Gasteiger partial charge on any atom is -0.382 e. The van der Waals surface area contributed by atoms with Gasteiger partial charge in [-0.2, -0.15) is 0 Å². The Balaban J connectivity index is 1.66. The van der Waals surface area contributed by atoms with E-state index in [9.17, 15) is 0 Å². The number of hydrogen-bond acceptors (Lipinski definition) is 4. The van der Waals surface area contributed by atoms with E-state index >= 15 is 0 Å². The van der Waals surface area contributed by atoms with Gasteiger partial charge < -0.3 is 15.2 Å². The van der Waals surface area contributed by atoms with Crippen LogP contribution in [-0.2, 0) is 9.47 Å². The first-order valence-corrected chi connectivity index (χ1v) is 6.39. The highest BCUT2D eigenvalue weighted by Gasteiger charge is 2.38. The van der Waals surface area contributed by atoms with Gasteiger partial charge >= 0.3 is 0 Å². The van der Waals surface area contributed by atoms with Crippen molar-refractivity contribution in [1.29, 1.82) is 0 Å². The first-order valence-electron chi connectivity index (χ1n) is 6.39. The Labute approximate surface area is 98.1 Å². The largest absolute Gasteiger partial charge is 0.382 e. The van der Waals surface area contributed by atoms with Gasteiger partial charge in [0, 0.05) is 31.8 Å². The van der Waals surface area contributed by atoms with E-state index in [-0.39, 0.29) is 0 Å². The van der Waals surface area contributed by atoms with E-state index in [1.54, 1.807) is 7.11 Å². The van der Waals surface area contributed by atoms with Crippen LogP contribution >= 0.6 is 0 Å². The summed E-state index contributed by atoms with van der Waals surface area (Å²) >= 11 is 0. The second-order valence-corrected chi connectivity index (χ2v) is 4.96. The molecule has 0 aliphatic carbocycles. The highest BCUT2D eigenvalue weighted by atomic mass is 16.5. The maximum atomic E-state index is 6.04. The number of hydrogen-bond donors (Lipinski definition) is 1. The summed E-state index contributed by atoms with van der Waals surface area (Å²) in [5.41, 5.74) is 6.04. The summed E-state index contributed by atoms with van der Waals surface area (Å²) in [7, 11) is 1.70. The zero-order chi connectivity index (χ0) is 11.4. The van der Waals surface area contributed by atoms with E-state index in [1.807, 2.05) is 0 Å². The van der Waals surface area contributed by atoms with Gasteiger partial charge in [-0.05, 0) is 25.7 Å². The summed E-state index contributed by atoms with van der Waals surface area (Å²) in [6.07, 6.45) is 5.01. The lowest BCUT2D eigenvalue weighted by molar-refractivity contribution is 0.0377. The van der Waals surface area contributed by atoms with Crippen LogP contribution in [0, 0.1) is 0 Å². The van der Waals surface area contributed by atoms with Gasteiger partial charge in [-0.3, -0.25) is 4.90 Å². The van der Waals surface area contributed by atoms with Crippen LogP contribution in [0.5, 0.6) is 0 Å². The number of nitrogens with two attached hydrogens (primary N) is 1. The van der Waals surface area contributed by atoms with Gasteiger partial charge in [0.1, 0.15) is 0 Å². The average Bonchev–Trinajstić information content (AvgIpc) is 2.51. The van der Waals surface area contributed by atoms with Gasteiger partial charge in [0.25, 0.3) is 0 Å². The third-order valence-electron chi connectivity index (χ3n) is 3.85. The summed E-state index contributed by atoms with van der Waals surface area (Å²) in [5.74, 6) is 0. The van der Waals surface area contributed by atoms with Crippen molar-refractivity contribution in [3.8, 4) is 0 Å². The lowest BCUT2D eigenvalue weighted by Crippen LogP contribution is -2.48. The van der Waals surface area contributed by atoms with Gasteiger partial charge in [0.05, 0.1) is 19.8 Å². The van der Waals surface area contributed by atoms with Crippen LogP contribution in [-0.4, -0.2) is 56.5 Å². The van der Waals surface area contributed by atoms with E-state index < -0.39 is 0 Å². The van der Waals surface area contributed by atoms with Crippen LogP contribution in [0.3, 0.4) is 0 Å². The van der Waals surface area contributed by atoms with Crippen molar-refractivity contribution >= 4 is 0 Å². The molecule has 2 rings (SSSR count). The molecule has 0 aromatic heterocycles. The van der Waals surface area contributed by atoms with Crippen molar-refractivity contribution in [3.63, 3.8) is 0 Å². The van der Waals surface area contributed by atoms with Crippen LogP contribution in [0.2, 0.25) is 0 Å². The predicted octanol–water partition coefficient (Wildman–Crippen LogP) is 0.604. The van der Waals surface area contributed by atoms with E-state index in [2.05, 4.69) is 4.90 Å². The molecule has 0 saturated carbocycles. The lowest BCUT2D eigenvalue weighted by atomic mass is 9.98. The molecule has 2 unspecified atom stereocenters. The molecule has 4 nitrogen and oxygen atoms in total. The molecule has 0 radical (unpaired) electrons. The zero-order valence-corrected chi connectivity index (χ0v) is 10.2. The molecule has 2 heterocycles. The SMILES string of the molecule is COCCOCCN1C2CCC1CC(N)C2. The van der Waals surface area contributed by atoms with E-state index in [0.29, 0.717) is 19.3 Å². The molecule has 0 aromatic carbocycles. The fourth-order valence-electron chi connectivity index (χ4n) is 3.10. The molecule has 2 atom stereocenters. The maximum Gasteiger partial charge on any atom is 0.0700 e. The molecular formula is C12H24N2O2. The Morgan fingerprint density at radius 3 is 2.44 bits per heavy atom. The van der Waals surface area contributed by atoms with Gasteiger partial charge in [0.15, 0.2) is 0 Å². The van der Waals surface area contributed by atoms with Crippen molar-refractivity contribution in [2.75, 3.05) is 33.5 Å². The Hall–Kier alpha value is -0.160. The fraction of sp³-hybridized carbons (Fsp3) is 1.00.